The molecular weight excluding hydrogens is 464 g/mol. The molecule has 2 aliphatic carbocycles. The quantitative estimate of drug-likeness (QED) is 0.207. The predicted molar refractivity (Wildman–Crippen MR) is 133 cm³/mol. The van der Waals surface area contributed by atoms with Gasteiger partial charge in [0.25, 0.3) is 5.69 Å². The minimum atomic E-state index is -0.566. The zero-order valence-electron chi connectivity index (χ0n) is 18.4. The topological polar surface area (TPSA) is 80.5 Å². The molecule has 2 fully saturated rings. The number of benzene rings is 3. The van der Waals surface area contributed by atoms with Crippen molar-refractivity contribution in [3.05, 3.63) is 123 Å². The summed E-state index contributed by atoms with van der Waals surface area (Å²) in [6.45, 7) is 0. The first-order valence-electron chi connectivity index (χ1n) is 11.3. The van der Waals surface area contributed by atoms with E-state index in [1.165, 1.54) is 18.2 Å². The Morgan fingerprint density at radius 3 is 1.80 bits per heavy atom. The van der Waals surface area contributed by atoms with Gasteiger partial charge in [0.05, 0.1) is 27.5 Å². The van der Waals surface area contributed by atoms with Gasteiger partial charge in [-0.2, -0.15) is 0 Å². The second-order valence-electron chi connectivity index (χ2n) is 8.96. The van der Waals surface area contributed by atoms with E-state index in [1.807, 2.05) is 72.8 Å². The summed E-state index contributed by atoms with van der Waals surface area (Å²) in [4.78, 5) is 39.2. The number of carbonyl (C=O) groups excluding carboxylic acids is 2. The van der Waals surface area contributed by atoms with Crippen LogP contribution >= 0.6 is 11.6 Å². The lowest BCUT2D eigenvalue weighted by atomic mass is 9.85. The molecule has 35 heavy (non-hydrogen) atoms. The molecule has 0 aromatic heterocycles. The van der Waals surface area contributed by atoms with Crippen LogP contribution in [0.4, 0.5) is 11.4 Å². The number of halogens is 1. The standard InChI is InChI=1S/C28H19ClN2O4/c29-21-14-11-18(31(34)35)15-22(21)30-27(32)25-19-12-13-20(26(25)28(30)33)24(19)23(16-7-3-1-4-8-16)17-9-5-2-6-10-17/h1-15,19-20,25-26H/t19-,20-,25-,26-/m0/s1. The highest BCUT2D eigenvalue weighted by atomic mass is 35.5. The van der Waals surface area contributed by atoms with Crippen molar-refractivity contribution in [2.45, 2.75) is 0 Å². The van der Waals surface area contributed by atoms with E-state index in [-0.39, 0.29) is 40.0 Å². The van der Waals surface area contributed by atoms with Gasteiger partial charge in [-0.25, -0.2) is 4.90 Å². The van der Waals surface area contributed by atoms with E-state index in [4.69, 9.17) is 11.6 Å². The summed E-state index contributed by atoms with van der Waals surface area (Å²) >= 11 is 6.30. The highest BCUT2D eigenvalue weighted by Crippen LogP contribution is 2.59. The summed E-state index contributed by atoms with van der Waals surface area (Å²) in [7, 11) is 0. The number of non-ortho nitro benzene ring substituents is 1. The lowest BCUT2D eigenvalue weighted by Crippen LogP contribution is -2.33. The van der Waals surface area contributed by atoms with Crippen LogP contribution in [0.5, 0.6) is 0 Å². The maximum absolute atomic E-state index is 13.7. The number of amides is 2. The van der Waals surface area contributed by atoms with Crippen LogP contribution in [0, 0.1) is 33.8 Å². The molecule has 0 radical (unpaired) electrons. The molecule has 6 nitrogen and oxygen atoms in total. The molecule has 3 aromatic carbocycles. The van der Waals surface area contributed by atoms with Crippen LogP contribution in [-0.2, 0) is 9.59 Å². The van der Waals surface area contributed by atoms with Crippen LogP contribution in [0.1, 0.15) is 11.1 Å². The Balaban J connectivity index is 1.48. The van der Waals surface area contributed by atoms with Crippen molar-refractivity contribution in [1.29, 1.82) is 0 Å². The fourth-order valence-corrected chi connectivity index (χ4v) is 6.03. The number of anilines is 1. The Kier molecular flexibility index (Phi) is 4.93. The fraction of sp³-hybridized carbons (Fsp3) is 0.143. The van der Waals surface area contributed by atoms with Gasteiger partial charge in [-0.3, -0.25) is 19.7 Å². The first kappa shape index (κ1) is 21.5. The van der Waals surface area contributed by atoms with Crippen LogP contribution in [0.25, 0.3) is 5.57 Å². The van der Waals surface area contributed by atoms with E-state index in [1.54, 1.807) is 0 Å². The van der Waals surface area contributed by atoms with E-state index < -0.39 is 16.8 Å². The third-order valence-electron chi connectivity index (χ3n) is 7.21. The van der Waals surface area contributed by atoms with Crippen LogP contribution in [0.3, 0.4) is 0 Å². The lowest BCUT2D eigenvalue weighted by Gasteiger charge is -2.22. The smallest absolute Gasteiger partial charge is 0.271 e. The monoisotopic (exact) mass is 482 g/mol. The Bertz CT molecular complexity index is 1370. The minimum absolute atomic E-state index is 0.0709. The molecule has 1 heterocycles. The average Bonchev–Trinajstić information content (AvgIpc) is 3.50. The number of nitro benzene ring substituents is 1. The molecule has 1 saturated heterocycles. The van der Waals surface area contributed by atoms with Crippen molar-refractivity contribution < 1.29 is 14.5 Å². The Labute approximate surface area is 206 Å². The molecule has 7 heteroatoms. The van der Waals surface area contributed by atoms with Crippen molar-refractivity contribution in [2.24, 2.45) is 23.7 Å². The molecule has 3 aliphatic rings. The molecular formula is C28H19ClN2O4. The van der Waals surface area contributed by atoms with E-state index in [0.717, 1.165) is 27.2 Å². The summed E-state index contributed by atoms with van der Waals surface area (Å²) < 4.78 is 0. The molecule has 172 valence electrons. The number of fused-ring (bicyclic) bond motifs is 5. The third kappa shape index (κ3) is 3.17. The number of nitrogens with zero attached hydrogens (tertiary/aromatic N) is 2. The van der Waals surface area contributed by atoms with Gasteiger partial charge < -0.3 is 0 Å². The Morgan fingerprint density at radius 2 is 1.31 bits per heavy atom. The largest absolute Gasteiger partial charge is 0.274 e. The summed E-state index contributed by atoms with van der Waals surface area (Å²) in [6, 6.07) is 23.8. The van der Waals surface area contributed by atoms with Crippen molar-refractivity contribution in [2.75, 3.05) is 4.90 Å². The van der Waals surface area contributed by atoms with Gasteiger partial charge in [-0.1, -0.05) is 84.4 Å². The van der Waals surface area contributed by atoms with Gasteiger partial charge in [0.15, 0.2) is 0 Å². The van der Waals surface area contributed by atoms with Crippen molar-refractivity contribution in [1.82, 2.24) is 0 Å². The van der Waals surface area contributed by atoms with Gasteiger partial charge in [0.1, 0.15) is 0 Å². The van der Waals surface area contributed by atoms with E-state index in [2.05, 4.69) is 0 Å². The average molecular weight is 483 g/mol. The third-order valence-corrected chi connectivity index (χ3v) is 7.53. The van der Waals surface area contributed by atoms with E-state index in [9.17, 15) is 19.7 Å². The molecule has 4 atom stereocenters. The molecule has 1 saturated carbocycles. The zero-order chi connectivity index (χ0) is 24.3. The van der Waals surface area contributed by atoms with Gasteiger partial charge in [0, 0.05) is 24.0 Å². The summed E-state index contributed by atoms with van der Waals surface area (Å²) in [6.07, 6.45) is 4.05. The molecule has 1 aliphatic heterocycles. The normalized spacial score (nSPS) is 24.3. The molecule has 0 N–H and O–H groups in total. The number of hydrogen-bond donors (Lipinski definition) is 0. The molecule has 3 aromatic rings. The molecule has 2 bridgehead atoms. The first-order valence-corrected chi connectivity index (χ1v) is 11.7. The fourth-order valence-electron chi connectivity index (χ4n) is 5.83. The van der Waals surface area contributed by atoms with Gasteiger partial charge in [-0.05, 0) is 28.3 Å². The number of hydrogen-bond acceptors (Lipinski definition) is 4. The van der Waals surface area contributed by atoms with E-state index >= 15 is 0 Å². The van der Waals surface area contributed by atoms with Crippen LogP contribution in [0.2, 0.25) is 5.02 Å². The molecule has 0 unspecified atom stereocenters. The Hall–Kier alpha value is -4.03. The Morgan fingerprint density at radius 1 is 0.800 bits per heavy atom. The van der Waals surface area contributed by atoms with Crippen LogP contribution in [-0.4, -0.2) is 16.7 Å². The number of carbonyl (C=O) groups is 2. The summed E-state index contributed by atoms with van der Waals surface area (Å²) in [5.74, 6) is -2.33. The van der Waals surface area contributed by atoms with E-state index in [0.29, 0.717) is 0 Å². The number of allylic oxidation sites excluding steroid dienone is 3. The highest BCUT2D eigenvalue weighted by molar-refractivity contribution is 6.36. The summed E-state index contributed by atoms with van der Waals surface area (Å²) in [5.41, 5.74) is 4.03. The maximum Gasteiger partial charge on any atom is 0.271 e. The molecule has 0 spiro atoms. The van der Waals surface area contributed by atoms with Crippen molar-refractivity contribution >= 4 is 40.4 Å². The number of imide groups is 1. The van der Waals surface area contributed by atoms with Crippen molar-refractivity contribution in [3.8, 4) is 0 Å². The minimum Gasteiger partial charge on any atom is -0.274 e. The first-order chi connectivity index (χ1) is 17.0. The van der Waals surface area contributed by atoms with Crippen LogP contribution < -0.4 is 4.90 Å². The maximum atomic E-state index is 13.7. The number of nitro groups is 1. The predicted octanol–water partition coefficient (Wildman–Crippen LogP) is 5.67. The number of rotatable bonds is 4. The zero-order valence-corrected chi connectivity index (χ0v) is 19.1. The second-order valence-corrected chi connectivity index (χ2v) is 9.36. The lowest BCUT2D eigenvalue weighted by molar-refractivity contribution is -0.384. The van der Waals surface area contributed by atoms with Crippen molar-refractivity contribution in [3.63, 3.8) is 0 Å². The second kappa shape index (κ2) is 8.03. The van der Waals surface area contributed by atoms with Crippen LogP contribution in [0.15, 0.2) is 96.6 Å². The SMILES string of the molecule is O=C1[C@@H]2[C@@H](C(=O)N1c1cc([N+](=O)[O-])ccc1Cl)[C@H]1C=C[C@H]2C1=C(c1ccccc1)c1ccccc1. The van der Waals surface area contributed by atoms with Gasteiger partial charge in [-0.15, -0.1) is 0 Å². The molecule has 6 rings (SSSR count). The summed E-state index contributed by atoms with van der Waals surface area (Å²) in [5, 5.41) is 11.4. The highest BCUT2D eigenvalue weighted by Gasteiger charge is 2.62. The van der Waals surface area contributed by atoms with Gasteiger partial charge >= 0.3 is 0 Å². The molecule has 2 amide bonds. The van der Waals surface area contributed by atoms with Gasteiger partial charge in [0.2, 0.25) is 11.8 Å².